The first-order valence-electron chi connectivity index (χ1n) is 6.31. The van der Waals surface area contributed by atoms with Gasteiger partial charge in [-0.1, -0.05) is 12.1 Å². The summed E-state index contributed by atoms with van der Waals surface area (Å²) >= 11 is 0. The van der Waals surface area contributed by atoms with Gasteiger partial charge in [-0.05, 0) is 37.6 Å². The number of nitro benzene ring substituents is 1. The van der Waals surface area contributed by atoms with Crippen molar-refractivity contribution in [1.82, 2.24) is 0 Å². The van der Waals surface area contributed by atoms with Crippen molar-refractivity contribution in [1.29, 1.82) is 0 Å². The van der Waals surface area contributed by atoms with Crippen LogP contribution in [-0.2, 0) is 0 Å². The van der Waals surface area contributed by atoms with Crippen molar-refractivity contribution in [2.24, 2.45) is 0 Å². The molecule has 108 valence electrons. The summed E-state index contributed by atoms with van der Waals surface area (Å²) in [5, 5.41) is 14.0. The molecule has 0 aromatic heterocycles. The van der Waals surface area contributed by atoms with E-state index in [0.717, 1.165) is 0 Å². The van der Waals surface area contributed by atoms with Gasteiger partial charge < -0.3 is 11.1 Å². The molecule has 0 aliphatic carbocycles. The number of Topliss-reactive ketones (excluding diaryl/α,β-unsaturated/α-hetero) is 1. The van der Waals surface area contributed by atoms with Gasteiger partial charge in [0, 0.05) is 17.3 Å². The number of carbonyl (C=O) groups excluding carboxylic acids is 1. The average Bonchev–Trinajstić information content (AvgIpc) is 2.42. The molecule has 0 unspecified atom stereocenters. The lowest BCUT2D eigenvalue weighted by atomic mass is 10.1. The molecule has 2 rings (SSSR count). The number of para-hydroxylation sites is 1. The van der Waals surface area contributed by atoms with Crippen LogP contribution in [0.1, 0.15) is 22.8 Å². The molecule has 6 heteroatoms. The van der Waals surface area contributed by atoms with Gasteiger partial charge >= 0.3 is 0 Å². The molecule has 0 fully saturated rings. The number of anilines is 3. The molecule has 3 N–H and O–H groups in total. The number of nitrogens with one attached hydrogen (secondary N) is 1. The van der Waals surface area contributed by atoms with Gasteiger partial charge in [0.15, 0.2) is 5.78 Å². The molecule has 0 radical (unpaired) electrons. The van der Waals surface area contributed by atoms with Crippen LogP contribution in [0.25, 0.3) is 0 Å². The van der Waals surface area contributed by atoms with E-state index in [2.05, 4.69) is 5.32 Å². The van der Waals surface area contributed by atoms with Crippen LogP contribution in [0.4, 0.5) is 22.7 Å². The third-order valence-electron chi connectivity index (χ3n) is 3.07. The minimum absolute atomic E-state index is 0.0453. The zero-order valence-corrected chi connectivity index (χ0v) is 11.7. The van der Waals surface area contributed by atoms with Crippen LogP contribution in [0.5, 0.6) is 0 Å². The molecule has 0 saturated heterocycles. The Hall–Kier alpha value is -2.89. The molecular formula is C15H15N3O3. The van der Waals surface area contributed by atoms with Crippen LogP contribution in [0.15, 0.2) is 36.4 Å². The molecule has 21 heavy (non-hydrogen) atoms. The van der Waals surface area contributed by atoms with Crippen LogP contribution in [0.3, 0.4) is 0 Å². The topological polar surface area (TPSA) is 98.3 Å². The Kier molecular flexibility index (Phi) is 3.89. The maximum atomic E-state index is 11.6. The fourth-order valence-corrected chi connectivity index (χ4v) is 2.08. The first-order chi connectivity index (χ1) is 9.90. The van der Waals surface area contributed by atoms with Gasteiger partial charge in [0.05, 0.1) is 10.6 Å². The second kappa shape index (κ2) is 5.62. The largest absolute Gasteiger partial charge is 0.391 e. The number of benzene rings is 2. The molecule has 0 spiro atoms. The van der Waals surface area contributed by atoms with Gasteiger partial charge in [-0.15, -0.1) is 0 Å². The van der Waals surface area contributed by atoms with Crippen molar-refractivity contribution >= 4 is 28.5 Å². The van der Waals surface area contributed by atoms with E-state index in [1.165, 1.54) is 13.0 Å². The third kappa shape index (κ3) is 3.00. The summed E-state index contributed by atoms with van der Waals surface area (Å²) in [6.45, 7) is 3.21. The third-order valence-corrected chi connectivity index (χ3v) is 3.07. The minimum Gasteiger partial charge on any atom is -0.391 e. The monoisotopic (exact) mass is 285 g/mol. The van der Waals surface area contributed by atoms with Crippen LogP contribution < -0.4 is 11.1 Å². The zero-order chi connectivity index (χ0) is 15.6. The Morgan fingerprint density at radius 2 is 1.90 bits per heavy atom. The average molecular weight is 285 g/mol. The van der Waals surface area contributed by atoms with Crippen LogP contribution in [0.2, 0.25) is 0 Å². The van der Waals surface area contributed by atoms with Crippen molar-refractivity contribution in [2.75, 3.05) is 11.1 Å². The van der Waals surface area contributed by atoms with Crippen molar-refractivity contribution in [2.45, 2.75) is 13.8 Å². The predicted octanol–water partition coefficient (Wildman–Crippen LogP) is 3.43. The zero-order valence-electron chi connectivity index (χ0n) is 11.7. The summed E-state index contributed by atoms with van der Waals surface area (Å²) in [7, 11) is 0. The van der Waals surface area contributed by atoms with E-state index in [1.807, 2.05) is 0 Å². The summed E-state index contributed by atoms with van der Waals surface area (Å²) < 4.78 is 0. The van der Waals surface area contributed by atoms with Crippen LogP contribution in [-0.4, -0.2) is 10.7 Å². The molecule has 0 amide bonds. The lowest BCUT2D eigenvalue weighted by Gasteiger charge is -2.13. The smallest absolute Gasteiger partial charge is 0.294 e. The Labute approximate surface area is 121 Å². The fraction of sp³-hybridized carbons (Fsp3) is 0.133. The van der Waals surface area contributed by atoms with E-state index in [4.69, 9.17) is 5.73 Å². The molecule has 0 heterocycles. The number of nitrogens with two attached hydrogens (primary N) is 1. The molecule has 2 aromatic rings. The van der Waals surface area contributed by atoms with Gasteiger partial charge in [-0.25, -0.2) is 0 Å². The highest BCUT2D eigenvalue weighted by Gasteiger charge is 2.17. The lowest BCUT2D eigenvalue weighted by Crippen LogP contribution is -2.04. The van der Waals surface area contributed by atoms with Crippen LogP contribution >= 0.6 is 0 Å². The Morgan fingerprint density at radius 3 is 2.52 bits per heavy atom. The molecule has 0 atom stereocenters. The molecule has 0 aliphatic heterocycles. The van der Waals surface area contributed by atoms with Gasteiger partial charge in [-0.3, -0.25) is 14.9 Å². The fourth-order valence-electron chi connectivity index (χ4n) is 2.08. The van der Waals surface area contributed by atoms with Gasteiger partial charge in [0.1, 0.15) is 5.69 Å². The first-order valence-corrected chi connectivity index (χ1v) is 6.31. The molecule has 0 bridgehead atoms. The number of ketones is 1. The van der Waals surface area contributed by atoms with Gasteiger partial charge in [0.2, 0.25) is 0 Å². The summed E-state index contributed by atoms with van der Waals surface area (Å²) in [4.78, 5) is 22.1. The second-order valence-electron chi connectivity index (χ2n) is 4.73. The number of hydrogen-bond acceptors (Lipinski definition) is 5. The van der Waals surface area contributed by atoms with E-state index >= 15 is 0 Å². The SMILES string of the molecule is CC(=O)c1ccccc1Nc1cc(C)cc([N+](=O)[O-])c1N. The van der Waals surface area contributed by atoms with Crippen molar-refractivity contribution in [3.63, 3.8) is 0 Å². The maximum Gasteiger partial charge on any atom is 0.294 e. The Morgan fingerprint density at radius 1 is 1.24 bits per heavy atom. The van der Waals surface area contributed by atoms with Crippen molar-refractivity contribution < 1.29 is 9.72 Å². The normalized spacial score (nSPS) is 10.2. The number of aryl methyl sites for hydroxylation is 1. The second-order valence-corrected chi connectivity index (χ2v) is 4.73. The molecular weight excluding hydrogens is 270 g/mol. The maximum absolute atomic E-state index is 11.6. The lowest BCUT2D eigenvalue weighted by molar-refractivity contribution is -0.383. The Balaban J connectivity index is 2.50. The summed E-state index contributed by atoms with van der Waals surface area (Å²) in [5.74, 6) is -0.0983. The quantitative estimate of drug-likeness (QED) is 0.388. The first kappa shape index (κ1) is 14.5. The predicted molar refractivity (Wildman–Crippen MR) is 82.0 cm³/mol. The number of rotatable bonds is 4. The number of carbonyl (C=O) groups is 1. The summed E-state index contributed by atoms with van der Waals surface area (Å²) in [6, 6.07) is 10.1. The van der Waals surface area contributed by atoms with E-state index in [0.29, 0.717) is 22.5 Å². The summed E-state index contributed by atoms with van der Waals surface area (Å²) in [5.41, 5.74) is 7.92. The van der Waals surface area contributed by atoms with Gasteiger partial charge in [-0.2, -0.15) is 0 Å². The molecule has 6 nitrogen and oxygen atoms in total. The van der Waals surface area contributed by atoms with Crippen molar-refractivity contribution in [3.8, 4) is 0 Å². The number of hydrogen-bond donors (Lipinski definition) is 2. The highest BCUT2D eigenvalue weighted by Crippen LogP contribution is 2.33. The number of nitrogen functional groups attached to an aromatic ring is 1. The highest BCUT2D eigenvalue weighted by molar-refractivity contribution is 6.00. The van der Waals surface area contributed by atoms with E-state index in [-0.39, 0.29) is 17.2 Å². The molecule has 2 aromatic carbocycles. The standard InChI is InChI=1S/C15H15N3O3/c1-9-7-13(15(16)14(8-9)18(20)21)17-12-6-4-3-5-11(12)10(2)19/h3-8,17H,16H2,1-2H3. The number of nitrogens with zero attached hydrogens (tertiary/aromatic N) is 1. The minimum atomic E-state index is -0.523. The van der Waals surface area contributed by atoms with Crippen molar-refractivity contribution in [3.05, 3.63) is 57.6 Å². The summed E-state index contributed by atoms with van der Waals surface area (Å²) in [6.07, 6.45) is 0. The van der Waals surface area contributed by atoms with E-state index in [9.17, 15) is 14.9 Å². The van der Waals surface area contributed by atoms with Crippen LogP contribution in [0, 0.1) is 17.0 Å². The van der Waals surface area contributed by atoms with Gasteiger partial charge in [0.25, 0.3) is 5.69 Å². The Bertz CT molecular complexity index is 726. The number of nitro groups is 1. The molecule has 0 saturated carbocycles. The van der Waals surface area contributed by atoms with E-state index < -0.39 is 4.92 Å². The molecule has 0 aliphatic rings. The highest BCUT2D eigenvalue weighted by atomic mass is 16.6. The van der Waals surface area contributed by atoms with E-state index in [1.54, 1.807) is 37.3 Å².